The molecule has 0 atom stereocenters. The average molecular weight is 269 g/mol. The topological polar surface area (TPSA) is 67.2 Å². The molecule has 20 heavy (non-hydrogen) atoms. The first kappa shape index (κ1) is 13.8. The lowest BCUT2D eigenvalue weighted by molar-refractivity contribution is -0.116. The van der Waals surface area contributed by atoms with Crippen molar-refractivity contribution in [2.24, 2.45) is 0 Å². The van der Waals surface area contributed by atoms with Gasteiger partial charge < -0.3 is 10.4 Å². The number of nitrogens with zero attached hydrogens (tertiary/aromatic N) is 2. The summed E-state index contributed by atoms with van der Waals surface area (Å²) < 4.78 is 1.56. The van der Waals surface area contributed by atoms with Crippen molar-refractivity contribution in [2.45, 2.75) is 13.5 Å². The van der Waals surface area contributed by atoms with E-state index in [9.17, 15) is 4.79 Å². The van der Waals surface area contributed by atoms with Crippen LogP contribution in [0.5, 0.6) is 0 Å². The summed E-state index contributed by atoms with van der Waals surface area (Å²) in [5, 5.41) is 15.5. The van der Waals surface area contributed by atoms with E-state index in [0.717, 1.165) is 11.1 Å². The van der Waals surface area contributed by atoms with E-state index < -0.39 is 0 Å². The third-order valence-corrected chi connectivity index (χ3v) is 2.68. The van der Waals surface area contributed by atoms with E-state index in [-0.39, 0.29) is 19.1 Å². The van der Waals surface area contributed by atoms with Crippen LogP contribution >= 0.6 is 0 Å². The number of nitrogens with one attached hydrogen (secondary N) is 1. The van der Waals surface area contributed by atoms with Gasteiger partial charge in [-0.3, -0.25) is 9.48 Å². The highest BCUT2D eigenvalue weighted by molar-refractivity contribution is 5.90. The maximum atomic E-state index is 11.8. The van der Waals surface area contributed by atoms with Crippen molar-refractivity contribution in [3.8, 4) is 11.8 Å². The van der Waals surface area contributed by atoms with Crippen molar-refractivity contribution < 1.29 is 9.90 Å². The third-order valence-electron chi connectivity index (χ3n) is 2.68. The predicted octanol–water partition coefficient (Wildman–Crippen LogP) is 1.17. The summed E-state index contributed by atoms with van der Waals surface area (Å²) in [6.45, 7) is 1.92. The Balaban J connectivity index is 2.03. The number of carbonyl (C=O) groups is 1. The minimum atomic E-state index is -0.165. The molecule has 1 aromatic heterocycles. The summed E-state index contributed by atoms with van der Waals surface area (Å²) in [5.41, 5.74) is 2.50. The maximum Gasteiger partial charge on any atom is 0.246 e. The molecule has 0 aliphatic heterocycles. The van der Waals surface area contributed by atoms with Crippen molar-refractivity contribution >= 4 is 11.6 Å². The second-order valence-corrected chi connectivity index (χ2v) is 4.24. The minimum Gasteiger partial charge on any atom is -0.384 e. The van der Waals surface area contributed by atoms with Crippen molar-refractivity contribution in [2.75, 3.05) is 11.9 Å². The van der Waals surface area contributed by atoms with E-state index in [1.165, 1.54) is 0 Å². The molecule has 0 bridgehead atoms. The fraction of sp³-hybridized carbons (Fsp3) is 0.200. The molecule has 1 amide bonds. The smallest absolute Gasteiger partial charge is 0.246 e. The van der Waals surface area contributed by atoms with Gasteiger partial charge >= 0.3 is 0 Å². The summed E-state index contributed by atoms with van der Waals surface area (Å²) in [6.07, 6.45) is 3.37. The Morgan fingerprint density at radius 2 is 2.35 bits per heavy atom. The molecule has 0 unspecified atom stereocenters. The van der Waals surface area contributed by atoms with Gasteiger partial charge in [0.15, 0.2) is 0 Å². The molecule has 2 N–H and O–H groups in total. The molecule has 0 saturated carbocycles. The van der Waals surface area contributed by atoms with Gasteiger partial charge in [-0.05, 0) is 36.8 Å². The predicted molar refractivity (Wildman–Crippen MR) is 76.0 cm³/mol. The lowest BCUT2D eigenvalue weighted by atomic mass is 10.1. The first-order valence-corrected chi connectivity index (χ1v) is 6.16. The van der Waals surface area contributed by atoms with Gasteiger partial charge in [0.1, 0.15) is 13.2 Å². The van der Waals surface area contributed by atoms with Gasteiger partial charge in [0.05, 0.1) is 0 Å². The number of carbonyl (C=O) groups excluding carboxylic acids is 1. The second-order valence-electron chi connectivity index (χ2n) is 4.24. The number of aliphatic hydroxyl groups excluding tert-OH is 1. The Kier molecular flexibility index (Phi) is 4.53. The standard InChI is InChI=1S/C15H15N3O2/c1-12-10-14(6-5-13(12)4-2-9-19)17-15(20)11-18-8-3-7-16-18/h3,5-8,10,19H,9,11H2,1H3,(H,17,20). The molecule has 0 aliphatic rings. The van der Waals surface area contributed by atoms with Crippen LogP contribution in [0.1, 0.15) is 11.1 Å². The molecule has 1 aromatic carbocycles. The molecule has 0 spiro atoms. The Bertz CT molecular complexity index is 651. The van der Waals surface area contributed by atoms with E-state index in [2.05, 4.69) is 22.3 Å². The van der Waals surface area contributed by atoms with Crippen molar-refractivity contribution in [3.05, 3.63) is 47.8 Å². The number of rotatable bonds is 3. The van der Waals surface area contributed by atoms with E-state index >= 15 is 0 Å². The lowest BCUT2D eigenvalue weighted by Gasteiger charge is -2.07. The summed E-state index contributed by atoms with van der Waals surface area (Å²) in [7, 11) is 0. The summed E-state index contributed by atoms with van der Waals surface area (Å²) in [4.78, 5) is 11.8. The molecule has 0 saturated heterocycles. The molecule has 0 radical (unpaired) electrons. The fourth-order valence-electron chi connectivity index (χ4n) is 1.76. The summed E-state index contributed by atoms with van der Waals surface area (Å²) >= 11 is 0. The first-order chi connectivity index (χ1) is 9.69. The van der Waals surface area contributed by atoms with Crippen LogP contribution in [0, 0.1) is 18.8 Å². The largest absolute Gasteiger partial charge is 0.384 e. The number of aryl methyl sites for hydroxylation is 1. The highest BCUT2D eigenvalue weighted by atomic mass is 16.2. The van der Waals surface area contributed by atoms with Crippen LogP contribution in [0.4, 0.5) is 5.69 Å². The summed E-state index contributed by atoms with van der Waals surface area (Å²) in [6, 6.07) is 7.23. The van der Waals surface area contributed by atoms with Crippen LogP contribution < -0.4 is 5.32 Å². The van der Waals surface area contributed by atoms with Crippen molar-refractivity contribution in [1.29, 1.82) is 0 Å². The van der Waals surface area contributed by atoms with Crippen LogP contribution in [0.25, 0.3) is 0 Å². The number of aliphatic hydroxyl groups is 1. The van der Waals surface area contributed by atoms with Crippen LogP contribution in [0.15, 0.2) is 36.7 Å². The van der Waals surface area contributed by atoms with Gasteiger partial charge in [-0.1, -0.05) is 11.8 Å². The minimum absolute atomic E-state index is 0.137. The van der Waals surface area contributed by atoms with Gasteiger partial charge in [0.2, 0.25) is 5.91 Å². The molecular weight excluding hydrogens is 254 g/mol. The zero-order chi connectivity index (χ0) is 14.4. The van der Waals surface area contributed by atoms with Crippen LogP contribution in [-0.2, 0) is 11.3 Å². The number of aromatic nitrogens is 2. The molecule has 2 rings (SSSR count). The Morgan fingerprint density at radius 1 is 1.50 bits per heavy atom. The Labute approximate surface area is 117 Å². The maximum absolute atomic E-state index is 11.8. The lowest BCUT2D eigenvalue weighted by Crippen LogP contribution is -2.19. The van der Waals surface area contributed by atoms with Crippen molar-refractivity contribution in [1.82, 2.24) is 9.78 Å². The van der Waals surface area contributed by atoms with Gasteiger partial charge in [0.25, 0.3) is 0 Å². The van der Waals surface area contributed by atoms with Gasteiger partial charge in [0, 0.05) is 23.6 Å². The van der Waals surface area contributed by atoms with Crippen molar-refractivity contribution in [3.63, 3.8) is 0 Å². The van der Waals surface area contributed by atoms with E-state index in [1.54, 1.807) is 29.2 Å². The van der Waals surface area contributed by atoms with E-state index in [1.807, 2.05) is 19.1 Å². The fourth-order valence-corrected chi connectivity index (χ4v) is 1.76. The molecule has 1 heterocycles. The third kappa shape index (κ3) is 3.70. The Morgan fingerprint density at radius 3 is 3.00 bits per heavy atom. The molecule has 2 aromatic rings. The van der Waals surface area contributed by atoms with Gasteiger partial charge in [-0.25, -0.2) is 0 Å². The molecule has 0 fully saturated rings. The van der Waals surface area contributed by atoms with Gasteiger partial charge in [-0.2, -0.15) is 5.10 Å². The second kappa shape index (κ2) is 6.55. The molecule has 0 aliphatic carbocycles. The quantitative estimate of drug-likeness (QED) is 0.822. The highest BCUT2D eigenvalue weighted by Crippen LogP contribution is 2.14. The average Bonchev–Trinajstić information content (AvgIpc) is 2.90. The monoisotopic (exact) mass is 269 g/mol. The number of hydrogen-bond donors (Lipinski definition) is 2. The molecule has 5 nitrogen and oxygen atoms in total. The first-order valence-electron chi connectivity index (χ1n) is 6.16. The van der Waals surface area contributed by atoms with Crippen LogP contribution in [0.3, 0.4) is 0 Å². The highest BCUT2D eigenvalue weighted by Gasteiger charge is 2.04. The number of benzene rings is 1. The number of hydrogen-bond acceptors (Lipinski definition) is 3. The molecule has 102 valence electrons. The molecular formula is C15H15N3O2. The molecule has 5 heteroatoms. The van der Waals surface area contributed by atoms with E-state index in [4.69, 9.17) is 5.11 Å². The number of anilines is 1. The summed E-state index contributed by atoms with van der Waals surface area (Å²) in [5.74, 6) is 5.32. The zero-order valence-electron chi connectivity index (χ0n) is 11.1. The Hall–Kier alpha value is -2.58. The SMILES string of the molecule is Cc1cc(NC(=O)Cn2cccn2)ccc1C#CCO. The van der Waals surface area contributed by atoms with Gasteiger partial charge in [-0.15, -0.1) is 0 Å². The zero-order valence-corrected chi connectivity index (χ0v) is 11.1. The van der Waals surface area contributed by atoms with Crippen LogP contribution in [-0.4, -0.2) is 27.4 Å². The normalized spacial score (nSPS) is 9.70. The number of amides is 1. The van der Waals surface area contributed by atoms with Crippen LogP contribution in [0.2, 0.25) is 0 Å². The van der Waals surface area contributed by atoms with E-state index in [0.29, 0.717) is 5.69 Å².